The van der Waals surface area contributed by atoms with Crippen LogP contribution in [0.4, 0.5) is 17.1 Å². The molecule has 0 atom stereocenters. The number of thiophene rings is 1. The highest BCUT2D eigenvalue weighted by molar-refractivity contribution is 7.25. The van der Waals surface area contributed by atoms with Crippen LogP contribution < -0.4 is 4.90 Å². The Hall–Kier alpha value is -7.78. The molecule has 0 radical (unpaired) electrons. The van der Waals surface area contributed by atoms with Crippen LogP contribution in [0.5, 0.6) is 0 Å². The van der Waals surface area contributed by atoms with Gasteiger partial charge >= 0.3 is 0 Å². The zero-order chi connectivity index (χ0) is 41.7. The van der Waals surface area contributed by atoms with Gasteiger partial charge in [-0.25, -0.2) is 0 Å². The van der Waals surface area contributed by atoms with Gasteiger partial charge in [0, 0.05) is 37.2 Å². The number of fused-ring (bicyclic) bond motifs is 23. The Balaban J connectivity index is 1.02. The highest BCUT2D eigenvalue weighted by Crippen LogP contribution is 2.65. The molecule has 4 aliphatic rings. The van der Waals surface area contributed by atoms with Crippen molar-refractivity contribution in [1.82, 2.24) is 0 Å². The molecular weight excluding hydrogens is 791 g/mol. The fraction of sp³-hybridized carbons (Fsp3) is 0.0323. The van der Waals surface area contributed by atoms with E-state index in [2.05, 4.69) is 229 Å². The molecule has 0 N–H and O–H groups in total. The summed E-state index contributed by atoms with van der Waals surface area (Å²) in [6.07, 6.45) is 0. The van der Waals surface area contributed by atoms with E-state index in [4.69, 9.17) is 0 Å². The summed E-state index contributed by atoms with van der Waals surface area (Å²) >= 11 is 1.87. The molecule has 1 heterocycles. The van der Waals surface area contributed by atoms with E-state index in [0.29, 0.717) is 0 Å². The molecule has 2 heteroatoms. The van der Waals surface area contributed by atoms with E-state index in [0.717, 1.165) is 17.1 Å². The highest BCUT2D eigenvalue weighted by atomic mass is 32.1. The topological polar surface area (TPSA) is 3.24 Å². The fourth-order valence-electron chi connectivity index (χ4n) is 12.7. The smallest absolute Gasteiger partial charge is 0.0726 e. The first kappa shape index (κ1) is 34.8. The summed E-state index contributed by atoms with van der Waals surface area (Å²) in [4.78, 5) is 2.54. The number of hydrogen-bond donors (Lipinski definition) is 0. The van der Waals surface area contributed by atoms with Crippen LogP contribution in [0, 0.1) is 0 Å². The molecule has 1 aromatic heterocycles. The Kier molecular flexibility index (Phi) is 6.76. The lowest BCUT2D eigenvalue weighted by Gasteiger charge is -2.33. The number of rotatable bonds is 3. The van der Waals surface area contributed by atoms with Crippen molar-refractivity contribution < 1.29 is 0 Å². The lowest BCUT2D eigenvalue weighted by atomic mass is 9.70. The van der Waals surface area contributed by atoms with Crippen molar-refractivity contribution in [3.05, 3.63) is 269 Å². The molecule has 0 fully saturated rings. The van der Waals surface area contributed by atoms with Gasteiger partial charge in [-0.05, 0) is 138 Å². The largest absolute Gasteiger partial charge is 0.310 e. The van der Waals surface area contributed by atoms with E-state index in [9.17, 15) is 0 Å². The van der Waals surface area contributed by atoms with E-state index in [1.807, 2.05) is 11.3 Å². The Labute approximate surface area is 375 Å². The average molecular weight is 828 g/mol. The van der Waals surface area contributed by atoms with Gasteiger partial charge in [0.15, 0.2) is 0 Å². The van der Waals surface area contributed by atoms with Gasteiger partial charge < -0.3 is 4.90 Å². The molecule has 2 spiro atoms. The number of anilines is 3. The second-order valence-corrected chi connectivity index (χ2v) is 18.9. The molecule has 4 aliphatic carbocycles. The van der Waals surface area contributed by atoms with Crippen LogP contribution in [0.15, 0.2) is 224 Å². The summed E-state index contributed by atoms with van der Waals surface area (Å²) < 4.78 is 2.61. The minimum absolute atomic E-state index is 0.449. The molecular formula is C62H37NS. The SMILES string of the molecule is c1ccc2c(c1)-c1ccccc1C21c2ccccc2-c2ccc(N(c3ccc4c(c3)C3(c5ccccc5-c5ccccc53)c3ccccc3-4)c3ccc4sc5ccccc5c4c3)cc21. The van der Waals surface area contributed by atoms with E-state index in [-0.39, 0.29) is 0 Å². The van der Waals surface area contributed by atoms with Crippen LogP contribution in [-0.2, 0) is 10.8 Å². The highest BCUT2D eigenvalue weighted by Gasteiger charge is 2.53. The second-order valence-electron chi connectivity index (χ2n) is 17.8. The third kappa shape index (κ3) is 4.16. The van der Waals surface area contributed by atoms with Crippen LogP contribution in [0.1, 0.15) is 44.5 Å². The van der Waals surface area contributed by atoms with Gasteiger partial charge in [0.2, 0.25) is 0 Å². The lowest BCUT2D eigenvalue weighted by Crippen LogP contribution is -2.26. The predicted molar refractivity (Wildman–Crippen MR) is 267 cm³/mol. The molecule has 1 nitrogen and oxygen atoms in total. The standard InChI is InChI=1S/C62H37NS/c1-8-22-51-41(15-1)42-16-2-9-23-52(42)61(51)55-26-12-5-19-45(55)47-32-29-39(36-57(47)61)63(38-31-34-60-50(35-38)49-21-7-14-28-59(49)64-60)40-30-33-48-46-20-6-13-27-56(46)62(58(48)37-40)53-24-10-3-17-43(53)44-18-4-11-25-54(44)62/h1-37H. The molecule has 11 aromatic rings. The molecule has 0 bridgehead atoms. The summed E-state index contributed by atoms with van der Waals surface area (Å²) in [7, 11) is 0. The first-order chi connectivity index (χ1) is 31.7. The van der Waals surface area contributed by atoms with Gasteiger partial charge in [-0.2, -0.15) is 0 Å². The zero-order valence-corrected chi connectivity index (χ0v) is 35.5. The molecule has 64 heavy (non-hydrogen) atoms. The van der Waals surface area contributed by atoms with Gasteiger partial charge in [0.25, 0.3) is 0 Å². The molecule has 0 amide bonds. The van der Waals surface area contributed by atoms with Crippen LogP contribution in [0.2, 0.25) is 0 Å². The van der Waals surface area contributed by atoms with Gasteiger partial charge in [0.1, 0.15) is 0 Å². The fourth-order valence-corrected chi connectivity index (χ4v) is 13.8. The Morgan fingerprint density at radius 2 is 0.562 bits per heavy atom. The molecule has 15 rings (SSSR count). The second kappa shape index (κ2) is 12.4. The Bertz CT molecular complexity index is 3510. The number of hydrogen-bond acceptors (Lipinski definition) is 2. The molecule has 0 unspecified atom stereocenters. The van der Waals surface area contributed by atoms with Crippen LogP contribution in [-0.4, -0.2) is 0 Å². The summed E-state index contributed by atoms with van der Waals surface area (Å²) in [5.41, 5.74) is 23.8. The zero-order valence-electron chi connectivity index (χ0n) is 34.7. The third-order valence-corrected chi connectivity index (χ3v) is 16.2. The Morgan fingerprint density at radius 3 is 0.984 bits per heavy atom. The van der Waals surface area contributed by atoms with Crippen molar-refractivity contribution in [2.45, 2.75) is 10.8 Å². The first-order valence-corrected chi connectivity index (χ1v) is 23.2. The average Bonchev–Trinajstić information content (AvgIpc) is 4.13. The summed E-state index contributed by atoms with van der Waals surface area (Å²) in [6, 6.07) is 85.2. The summed E-state index contributed by atoms with van der Waals surface area (Å²) in [5.74, 6) is 0. The van der Waals surface area contributed by atoms with Crippen LogP contribution in [0.3, 0.4) is 0 Å². The number of nitrogens with zero attached hydrogens (tertiary/aromatic N) is 1. The maximum absolute atomic E-state index is 2.54. The lowest BCUT2D eigenvalue weighted by molar-refractivity contribution is 0.792. The number of benzene rings is 10. The van der Waals surface area contributed by atoms with Gasteiger partial charge in [0.05, 0.1) is 10.8 Å². The summed E-state index contributed by atoms with van der Waals surface area (Å²) in [5, 5.41) is 2.59. The minimum Gasteiger partial charge on any atom is -0.310 e. The monoisotopic (exact) mass is 827 g/mol. The van der Waals surface area contributed by atoms with Crippen molar-refractivity contribution >= 4 is 48.6 Å². The van der Waals surface area contributed by atoms with E-state index >= 15 is 0 Å². The maximum atomic E-state index is 2.54. The Morgan fingerprint density at radius 1 is 0.250 bits per heavy atom. The van der Waals surface area contributed by atoms with Gasteiger partial charge in [-0.1, -0.05) is 176 Å². The molecule has 296 valence electrons. The van der Waals surface area contributed by atoms with Crippen molar-refractivity contribution in [3.8, 4) is 44.5 Å². The van der Waals surface area contributed by atoms with Gasteiger partial charge in [-0.15, -0.1) is 11.3 Å². The van der Waals surface area contributed by atoms with Crippen LogP contribution >= 0.6 is 11.3 Å². The maximum Gasteiger partial charge on any atom is 0.0726 e. The predicted octanol–water partition coefficient (Wildman–Crippen LogP) is 16.2. The van der Waals surface area contributed by atoms with Gasteiger partial charge in [-0.3, -0.25) is 0 Å². The van der Waals surface area contributed by atoms with E-state index in [1.165, 1.54) is 109 Å². The minimum atomic E-state index is -0.449. The summed E-state index contributed by atoms with van der Waals surface area (Å²) in [6.45, 7) is 0. The van der Waals surface area contributed by atoms with Crippen LogP contribution in [0.25, 0.3) is 64.7 Å². The first-order valence-electron chi connectivity index (χ1n) is 22.3. The molecule has 0 saturated carbocycles. The third-order valence-electron chi connectivity index (χ3n) is 15.1. The molecule has 0 aliphatic heterocycles. The normalized spacial score (nSPS) is 14.5. The van der Waals surface area contributed by atoms with E-state index < -0.39 is 10.8 Å². The molecule has 0 saturated heterocycles. The van der Waals surface area contributed by atoms with Crippen molar-refractivity contribution in [1.29, 1.82) is 0 Å². The van der Waals surface area contributed by atoms with Crippen molar-refractivity contribution in [2.75, 3.05) is 4.90 Å². The quantitative estimate of drug-likeness (QED) is 0.171. The van der Waals surface area contributed by atoms with E-state index in [1.54, 1.807) is 0 Å². The van der Waals surface area contributed by atoms with Crippen molar-refractivity contribution in [2.24, 2.45) is 0 Å². The molecule has 10 aromatic carbocycles. The van der Waals surface area contributed by atoms with Crippen molar-refractivity contribution in [3.63, 3.8) is 0 Å².